The van der Waals surface area contributed by atoms with Crippen molar-refractivity contribution in [3.63, 3.8) is 0 Å². The molecule has 0 heterocycles. The van der Waals surface area contributed by atoms with Crippen molar-refractivity contribution in [2.45, 2.75) is 13.5 Å². The van der Waals surface area contributed by atoms with Gasteiger partial charge in [-0.05, 0) is 25.1 Å². The average Bonchev–Trinajstić information content (AvgIpc) is 2.41. The van der Waals surface area contributed by atoms with Crippen molar-refractivity contribution in [2.75, 3.05) is 0 Å². The predicted molar refractivity (Wildman–Crippen MR) is 75.3 cm³/mol. The number of benzene rings is 2. The molecule has 104 valence electrons. The van der Waals surface area contributed by atoms with Gasteiger partial charge in [-0.2, -0.15) is 0 Å². The van der Waals surface area contributed by atoms with Crippen molar-refractivity contribution in [3.05, 3.63) is 62.7 Å². The monoisotopic (exact) mass is 293 g/mol. The number of aliphatic hydroxyl groups is 1. The summed E-state index contributed by atoms with van der Waals surface area (Å²) in [4.78, 5) is 10.4. The highest BCUT2D eigenvalue weighted by Crippen LogP contribution is 2.34. The number of nitro benzene ring substituents is 1. The van der Waals surface area contributed by atoms with Gasteiger partial charge >= 0.3 is 0 Å². The number of halogens is 1. The van der Waals surface area contributed by atoms with Crippen molar-refractivity contribution < 1.29 is 14.8 Å². The first kappa shape index (κ1) is 14.3. The van der Waals surface area contributed by atoms with Gasteiger partial charge in [-0.15, -0.1) is 0 Å². The lowest BCUT2D eigenvalue weighted by Crippen LogP contribution is -1.97. The molecule has 0 amide bonds. The van der Waals surface area contributed by atoms with Crippen LogP contribution >= 0.6 is 11.6 Å². The molecule has 0 aliphatic rings. The maximum Gasteiger partial charge on any atom is 0.276 e. The van der Waals surface area contributed by atoms with Gasteiger partial charge in [0.05, 0.1) is 17.1 Å². The van der Waals surface area contributed by atoms with Crippen LogP contribution in [-0.4, -0.2) is 10.0 Å². The molecule has 0 radical (unpaired) electrons. The Bertz CT molecular complexity index is 658. The van der Waals surface area contributed by atoms with Crippen LogP contribution in [0.4, 0.5) is 5.69 Å². The van der Waals surface area contributed by atoms with Crippen LogP contribution in [-0.2, 0) is 6.61 Å². The lowest BCUT2D eigenvalue weighted by Gasteiger charge is -2.12. The van der Waals surface area contributed by atoms with E-state index in [4.69, 9.17) is 16.3 Å². The molecule has 6 heteroatoms. The Balaban J connectivity index is 2.43. The molecule has 0 saturated carbocycles. The summed E-state index contributed by atoms with van der Waals surface area (Å²) in [7, 11) is 0. The summed E-state index contributed by atoms with van der Waals surface area (Å²) in [6.07, 6.45) is 0. The molecule has 2 aromatic rings. The third-order valence-corrected chi connectivity index (χ3v) is 3.26. The summed E-state index contributed by atoms with van der Waals surface area (Å²) in [5, 5.41) is 20.6. The van der Waals surface area contributed by atoms with E-state index in [-0.39, 0.29) is 12.3 Å². The second-order valence-corrected chi connectivity index (χ2v) is 4.54. The minimum atomic E-state index is -0.465. The summed E-state index contributed by atoms with van der Waals surface area (Å²) in [5.74, 6) is 0.736. The fourth-order valence-electron chi connectivity index (χ4n) is 1.82. The van der Waals surface area contributed by atoms with Gasteiger partial charge < -0.3 is 9.84 Å². The quantitative estimate of drug-likeness (QED) is 0.686. The molecule has 1 N–H and O–H groups in total. The molecule has 0 bridgehead atoms. The van der Waals surface area contributed by atoms with Crippen LogP contribution in [0.15, 0.2) is 36.4 Å². The predicted octanol–water partition coefficient (Wildman–Crippen LogP) is 3.84. The highest BCUT2D eigenvalue weighted by molar-refractivity contribution is 6.31. The zero-order valence-electron chi connectivity index (χ0n) is 10.7. The molecule has 0 saturated heterocycles. The van der Waals surface area contributed by atoms with Gasteiger partial charge in [0.15, 0.2) is 0 Å². The van der Waals surface area contributed by atoms with Crippen LogP contribution in [0.1, 0.15) is 11.1 Å². The molecule has 5 nitrogen and oxygen atoms in total. The molecular weight excluding hydrogens is 282 g/mol. The van der Waals surface area contributed by atoms with Crippen LogP contribution in [0, 0.1) is 17.0 Å². The van der Waals surface area contributed by atoms with Crippen molar-refractivity contribution in [1.82, 2.24) is 0 Å². The number of ether oxygens (including phenoxy) is 1. The van der Waals surface area contributed by atoms with E-state index in [1.54, 1.807) is 37.3 Å². The molecule has 0 fully saturated rings. The summed E-state index contributed by atoms with van der Waals surface area (Å²) in [6.45, 7) is 1.33. The van der Waals surface area contributed by atoms with E-state index >= 15 is 0 Å². The van der Waals surface area contributed by atoms with Gasteiger partial charge in [0.2, 0.25) is 0 Å². The minimum Gasteiger partial charge on any atom is -0.456 e. The van der Waals surface area contributed by atoms with Crippen molar-refractivity contribution in [3.8, 4) is 11.5 Å². The smallest absolute Gasteiger partial charge is 0.276 e. The van der Waals surface area contributed by atoms with Gasteiger partial charge in [0, 0.05) is 16.7 Å². The Morgan fingerprint density at radius 2 is 1.90 bits per heavy atom. The van der Waals surface area contributed by atoms with E-state index < -0.39 is 4.92 Å². The number of rotatable bonds is 4. The summed E-state index contributed by atoms with van der Waals surface area (Å²) >= 11 is 5.97. The van der Waals surface area contributed by atoms with Gasteiger partial charge in [-0.1, -0.05) is 23.7 Å². The van der Waals surface area contributed by atoms with Gasteiger partial charge in [0.1, 0.15) is 11.5 Å². The Morgan fingerprint density at radius 3 is 2.55 bits per heavy atom. The standard InChI is InChI=1S/C14H12ClNO4/c1-9-12(16(18)19)5-3-6-13(9)20-14-7-2-4-11(15)10(14)8-17/h2-7,17H,8H2,1H3. The number of hydrogen-bond acceptors (Lipinski definition) is 4. The zero-order chi connectivity index (χ0) is 14.7. The van der Waals surface area contributed by atoms with Crippen LogP contribution in [0.25, 0.3) is 0 Å². The van der Waals surface area contributed by atoms with Gasteiger partial charge in [-0.25, -0.2) is 0 Å². The van der Waals surface area contributed by atoms with Gasteiger partial charge in [0.25, 0.3) is 5.69 Å². The van der Waals surface area contributed by atoms with Crippen LogP contribution < -0.4 is 4.74 Å². The summed E-state index contributed by atoms with van der Waals surface area (Å²) in [5.41, 5.74) is 0.844. The molecule has 2 aromatic carbocycles. The van der Waals surface area contributed by atoms with E-state index in [0.29, 0.717) is 27.6 Å². The number of aliphatic hydroxyl groups excluding tert-OH is 1. The fraction of sp³-hybridized carbons (Fsp3) is 0.143. The molecule has 0 aliphatic heterocycles. The van der Waals surface area contributed by atoms with Crippen LogP contribution in [0.2, 0.25) is 5.02 Å². The first-order valence-corrected chi connectivity index (χ1v) is 6.22. The first-order chi connectivity index (χ1) is 9.54. The Labute approximate surface area is 120 Å². The molecule has 0 spiro atoms. The fourth-order valence-corrected chi connectivity index (χ4v) is 2.04. The number of hydrogen-bond donors (Lipinski definition) is 1. The SMILES string of the molecule is Cc1c(Oc2cccc(Cl)c2CO)cccc1[N+](=O)[O-]. The van der Waals surface area contributed by atoms with Crippen LogP contribution in [0.3, 0.4) is 0 Å². The largest absolute Gasteiger partial charge is 0.456 e. The Kier molecular flexibility index (Phi) is 4.22. The maximum absolute atomic E-state index is 10.9. The third-order valence-electron chi connectivity index (χ3n) is 2.91. The van der Waals surface area contributed by atoms with Crippen LogP contribution in [0.5, 0.6) is 11.5 Å². The Hall–Kier alpha value is -2.11. The van der Waals surface area contributed by atoms with E-state index in [2.05, 4.69) is 0 Å². The second-order valence-electron chi connectivity index (χ2n) is 4.13. The normalized spacial score (nSPS) is 10.3. The molecule has 20 heavy (non-hydrogen) atoms. The van der Waals surface area contributed by atoms with Crippen molar-refractivity contribution >= 4 is 17.3 Å². The molecule has 2 rings (SSSR count). The topological polar surface area (TPSA) is 72.6 Å². The highest BCUT2D eigenvalue weighted by atomic mass is 35.5. The molecule has 0 atom stereocenters. The summed E-state index contributed by atoms with van der Waals surface area (Å²) in [6, 6.07) is 9.56. The molecule has 0 aliphatic carbocycles. The number of nitrogens with zero attached hydrogens (tertiary/aromatic N) is 1. The Morgan fingerprint density at radius 1 is 1.25 bits per heavy atom. The molecular formula is C14H12ClNO4. The highest BCUT2D eigenvalue weighted by Gasteiger charge is 2.16. The van der Waals surface area contributed by atoms with E-state index in [1.807, 2.05) is 0 Å². The van der Waals surface area contributed by atoms with E-state index in [1.165, 1.54) is 6.07 Å². The first-order valence-electron chi connectivity index (χ1n) is 5.84. The molecule has 0 aromatic heterocycles. The second kappa shape index (κ2) is 5.90. The lowest BCUT2D eigenvalue weighted by atomic mass is 10.1. The molecule has 0 unspecified atom stereocenters. The number of nitro groups is 1. The van der Waals surface area contributed by atoms with Crippen molar-refractivity contribution in [2.24, 2.45) is 0 Å². The van der Waals surface area contributed by atoms with Crippen molar-refractivity contribution in [1.29, 1.82) is 0 Å². The summed E-state index contributed by atoms with van der Waals surface area (Å²) < 4.78 is 5.65. The maximum atomic E-state index is 10.9. The van der Waals surface area contributed by atoms with E-state index in [9.17, 15) is 15.2 Å². The zero-order valence-corrected chi connectivity index (χ0v) is 11.4. The minimum absolute atomic E-state index is 0.0184. The lowest BCUT2D eigenvalue weighted by molar-refractivity contribution is -0.385. The average molecular weight is 294 g/mol. The van der Waals surface area contributed by atoms with Gasteiger partial charge in [-0.3, -0.25) is 10.1 Å². The third kappa shape index (κ3) is 2.74. The van der Waals surface area contributed by atoms with E-state index in [0.717, 1.165) is 0 Å².